The van der Waals surface area contributed by atoms with Gasteiger partial charge >= 0.3 is 0 Å². The number of hydrogen-bond acceptors (Lipinski definition) is 3. The molecule has 15 heavy (non-hydrogen) atoms. The average Bonchev–Trinajstić information content (AvgIpc) is 2.61. The van der Waals surface area contributed by atoms with Gasteiger partial charge in [0, 0.05) is 5.56 Å². The van der Waals surface area contributed by atoms with E-state index in [-0.39, 0.29) is 10.7 Å². The van der Waals surface area contributed by atoms with Crippen molar-refractivity contribution < 1.29 is 4.52 Å². The van der Waals surface area contributed by atoms with Crippen LogP contribution in [0.2, 0.25) is 5.02 Å². The molecule has 0 amide bonds. The maximum atomic E-state index is 8.67. The molecule has 74 valence electrons. The molecule has 0 aliphatic heterocycles. The summed E-state index contributed by atoms with van der Waals surface area (Å²) in [6.45, 7) is 1.99. The van der Waals surface area contributed by atoms with E-state index in [0.717, 1.165) is 11.1 Å². The molecule has 0 saturated heterocycles. The third kappa shape index (κ3) is 1.72. The quantitative estimate of drug-likeness (QED) is 0.739. The summed E-state index contributed by atoms with van der Waals surface area (Å²) in [4.78, 5) is 0. The van der Waals surface area contributed by atoms with E-state index < -0.39 is 0 Å². The molecule has 0 radical (unpaired) electrons. The van der Waals surface area contributed by atoms with Crippen LogP contribution in [0.3, 0.4) is 0 Å². The Labute approximate surface area is 91.9 Å². The molecule has 2 rings (SSSR count). The molecule has 1 heterocycles. The summed E-state index contributed by atoms with van der Waals surface area (Å²) < 4.78 is 5.01. The van der Waals surface area contributed by atoms with Crippen molar-refractivity contribution in [2.24, 2.45) is 0 Å². The molecule has 1 aromatic heterocycles. The Morgan fingerprint density at radius 3 is 2.53 bits per heavy atom. The molecule has 0 unspecified atom stereocenters. The fourth-order valence-corrected chi connectivity index (χ4v) is 1.45. The van der Waals surface area contributed by atoms with E-state index >= 15 is 0 Å². The molecular weight excluding hydrogens is 212 g/mol. The molecule has 0 aliphatic rings. The van der Waals surface area contributed by atoms with Gasteiger partial charge in [0.15, 0.2) is 5.76 Å². The van der Waals surface area contributed by atoms with Gasteiger partial charge < -0.3 is 4.52 Å². The van der Waals surface area contributed by atoms with E-state index in [1.807, 2.05) is 37.3 Å². The highest BCUT2D eigenvalue weighted by Crippen LogP contribution is 2.30. The minimum Gasteiger partial charge on any atom is -0.353 e. The monoisotopic (exact) mass is 218 g/mol. The summed E-state index contributed by atoms with van der Waals surface area (Å²) >= 11 is 5.92. The summed E-state index contributed by atoms with van der Waals surface area (Å²) in [5, 5.41) is 12.5. The van der Waals surface area contributed by atoms with E-state index in [2.05, 4.69) is 5.16 Å². The molecule has 0 bridgehead atoms. The molecule has 0 spiro atoms. The molecule has 2 aromatic rings. The van der Waals surface area contributed by atoms with Crippen LogP contribution in [0.5, 0.6) is 0 Å². The van der Waals surface area contributed by atoms with Crippen LogP contribution < -0.4 is 0 Å². The number of aryl methyl sites for hydroxylation is 1. The first-order chi connectivity index (χ1) is 7.22. The molecular formula is C11H7ClN2O. The van der Waals surface area contributed by atoms with Crippen molar-refractivity contribution in [1.82, 2.24) is 5.16 Å². The van der Waals surface area contributed by atoms with Crippen LogP contribution in [0.4, 0.5) is 0 Å². The molecule has 0 aliphatic carbocycles. The van der Waals surface area contributed by atoms with Gasteiger partial charge in [0.25, 0.3) is 0 Å². The molecule has 0 N–H and O–H groups in total. The number of nitriles is 1. The zero-order valence-corrected chi connectivity index (χ0v) is 8.75. The topological polar surface area (TPSA) is 49.8 Å². The summed E-state index contributed by atoms with van der Waals surface area (Å²) in [6.07, 6.45) is 0. The van der Waals surface area contributed by atoms with Crippen molar-refractivity contribution in [3.63, 3.8) is 0 Å². The van der Waals surface area contributed by atoms with Crippen molar-refractivity contribution in [2.45, 2.75) is 6.92 Å². The standard InChI is InChI=1S/C11H7ClN2O/c1-7-2-4-8(5-3-7)11-10(12)9(6-13)14-15-11/h2-5H,1H3. The van der Waals surface area contributed by atoms with Gasteiger partial charge in [0.1, 0.15) is 11.1 Å². The van der Waals surface area contributed by atoms with Gasteiger partial charge in [-0.1, -0.05) is 46.6 Å². The maximum absolute atomic E-state index is 8.67. The smallest absolute Gasteiger partial charge is 0.202 e. The summed E-state index contributed by atoms with van der Waals surface area (Å²) in [5.41, 5.74) is 2.08. The molecule has 0 atom stereocenters. The zero-order valence-electron chi connectivity index (χ0n) is 7.99. The largest absolute Gasteiger partial charge is 0.353 e. The average molecular weight is 219 g/mol. The predicted octanol–water partition coefficient (Wildman–Crippen LogP) is 3.18. The lowest BCUT2D eigenvalue weighted by Gasteiger charge is -1.96. The lowest BCUT2D eigenvalue weighted by atomic mass is 10.1. The van der Waals surface area contributed by atoms with Gasteiger partial charge in [-0.05, 0) is 6.92 Å². The molecule has 4 heteroatoms. The molecule has 1 aromatic carbocycles. The number of nitrogens with zero attached hydrogens (tertiary/aromatic N) is 2. The lowest BCUT2D eigenvalue weighted by Crippen LogP contribution is -1.76. The molecule has 3 nitrogen and oxygen atoms in total. The van der Waals surface area contributed by atoms with Gasteiger partial charge in [-0.25, -0.2) is 0 Å². The Kier molecular flexibility index (Phi) is 2.44. The zero-order chi connectivity index (χ0) is 10.8. The van der Waals surface area contributed by atoms with Gasteiger partial charge in [0.2, 0.25) is 5.69 Å². The Balaban J connectivity index is 2.51. The first kappa shape index (κ1) is 9.75. The number of benzene rings is 1. The second-order valence-corrected chi connectivity index (χ2v) is 3.53. The first-order valence-corrected chi connectivity index (χ1v) is 4.72. The van der Waals surface area contributed by atoms with Crippen LogP contribution in [0.25, 0.3) is 11.3 Å². The predicted molar refractivity (Wildman–Crippen MR) is 56.4 cm³/mol. The normalized spacial score (nSPS) is 9.93. The Morgan fingerprint density at radius 2 is 2.00 bits per heavy atom. The highest BCUT2D eigenvalue weighted by atomic mass is 35.5. The van der Waals surface area contributed by atoms with Crippen LogP contribution in [0, 0.1) is 18.3 Å². The lowest BCUT2D eigenvalue weighted by molar-refractivity contribution is 0.430. The second-order valence-electron chi connectivity index (χ2n) is 3.15. The van der Waals surface area contributed by atoms with Crippen LogP contribution in [0.1, 0.15) is 11.3 Å². The summed E-state index contributed by atoms with van der Waals surface area (Å²) in [7, 11) is 0. The minimum atomic E-state index is 0.118. The fraction of sp³-hybridized carbons (Fsp3) is 0.0909. The van der Waals surface area contributed by atoms with E-state index in [4.69, 9.17) is 21.4 Å². The van der Waals surface area contributed by atoms with Crippen molar-refractivity contribution in [3.05, 3.63) is 40.5 Å². The maximum Gasteiger partial charge on any atom is 0.202 e. The SMILES string of the molecule is Cc1ccc(-c2onc(C#N)c2Cl)cc1. The van der Waals surface area contributed by atoms with Crippen LogP contribution >= 0.6 is 11.6 Å². The van der Waals surface area contributed by atoms with Gasteiger partial charge in [-0.2, -0.15) is 5.26 Å². The van der Waals surface area contributed by atoms with E-state index in [0.29, 0.717) is 5.76 Å². The van der Waals surface area contributed by atoms with Crippen molar-refractivity contribution in [3.8, 4) is 17.4 Å². The fourth-order valence-electron chi connectivity index (χ4n) is 1.23. The van der Waals surface area contributed by atoms with Crippen LogP contribution in [0.15, 0.2) is 28.8 Å². The van der Waals surface area contributed by atoms with E-state index in [1.54, 1.807) is 0 Å². The van der Waals surface area contributed by atoms with Crippen molar-refractivity contribution >= 4 is 11.6 Å². The van der Waals surface area contributed by atoms with Crippen LogP contribution in [-0.4, -0.2) is 5.16 Å². The first-order valence-electron chi connectivity index (χ1n) is 4.34. The summed E-state index contributed by atoms with van der Waals surface area (Å²) in [6, 6.07) is 9.51. The van der Waals surface area contributed by atoms with Gasteiger partial charge in [-0.3, -0.25) is 0 Å². The van der Waals surface area contributed by atoms with Crippen molar-refractivity contribution in [2.75, 3.05) is 0 Å². The third-order valence-electron chi connectivity index (χ3n) is 2.06. The van der Waals surface area contributed by atoms with E-state index in [1.165, 1.54) is 0 Å². The number of halogens is 1. The number of hydrogen-bond donors (Lipinski definition) is 0. The third-order valence-corrected chi connectivity index (χ3v) is 2.41. The molecule has 0 saturated carbocycles. The number of aromatic nitrogens is 1. The highest BCUT2D eigenvalue weighted by molar-refractivity contribution is 6.33. The Hall–Kier alpha value is -1.79. The minimum absolute atomic E-state index is 0.118. The highest BCUT2D eigenvalue weighted by Gasteiger charge is 2.14. The van der Waals surface area contributed by atoms with Gasteiger partial charge in [-0.15, -0.1) is 0 Å². The Bertz CT molecular complexity index is 523. The Morgan fingerprint density at radius 1 is 1.33 bits per heavy atom. The summed E-state index contributed by atoms with van der Waals surface area (Å²) in [5.74, 6) is 0.438. The van der Waals surface area contributed by atoms with Gasteiger partial charge in [0.05, 0.1) is 0 Å². The van der Waals surface area contributed by atoms with Crippen molar-refractivity contribution in [1.29, 1.82) is 5.26 Å². The van der Waals surface area contributed by atoms with E-state index in [9.17, 15) is 0 Å². The number of rotatable bonds is 1. The molecule has 0 fully saturated rings. The van der Waals surface area contributed by atoms with Crippen LogP contribution in [-0.2, 0) is 0 Å². The second kappa shape index (κ2) is 3.76.